The molecule has 0 fully saturated rings. The van der Waals surface area contributed by atoms with Crippen LogP contribution in [-0.4, -0.2) is 25.5 Å². The van der Waals surface area contributed by atoms with E-state index >= 15 is 0 Å². The minimum atomic E-state index is -4.04. The zero-order valence-electron chi connectivity index (χ0n) is 21.3. The molecule has 6 aromatic rings. The number of sulfonamides is 1. The first-order valence-electron chi connectivity index (χ1n) is 12.8. The van der Waals surface area contributed by atoms with Gasteiger partial charge in [-0.15, -0.1) is 0 Å². The number of benzene rings is 5. The summed E-state index contributed by atoms with van der Waals surface area (Å²) in [5, 5.41) is 11.7. The summed E-state index contributed by atoms with van der Waals surface area (Å²) >= 11 is 0. The van der Waals surface area contributed by atoms with E-state index < -0.39 is 22.0 Å². The molecule has 1 aromatic heterocycles. The molecular weight excluding hydrogens is 522 g/mol. The summed E-state index contributed by atoms with van der Waals surface area (Å²) in [7, 11) is -4.04. The highest BCUT2D eigenvalue weighted by atomic mass is 32.2. The van der Waals surface area contributed by atoms with Gasteiger partial charge in [0.05, 0.1) is 4.90 Å². The maximum atomic E-state index is 13.0. The maximum absolute atomic E-state index is 13.0. The maximum Gasteiger partial charge on any atom is 0.322 e. The van der Waals surface area contributed by atoms with Gasteiger partial charge in [-0.05, 0) is 46.9 Å². The molecule has 1 atom stereocenters. The molecule has 0 spiro atoms. The van der Waals surface area contributed by atoms with E-state index in [4.69, 9.17) is 4.42 Å². The van der Waals surface area contributed by atoms with Crippen LogP contribution in [0.25, 0.3) is 44.2 Å². The van der Waals surface area contributed by atoms with Crippen molar-refractivity contribution in [1.29, 1.82) is 0 Å². The van der Waals surface area contributed by atoms with Crippen molar-refractivity contribution >= 4 is 37.9 Å². The first-order chi connectivity index (χ1) is 19.4. The van der Waals surface area contributed by atoms with Crippen molar-refractivity contribution in [3.05, 3.63) is 127 Å². The monoisotopic (exact) mass is 547 g/mol. The van der Waals surface area contributed by atoms with Gasteiger partial charge in [0, 0.05) is 16.3 Å². The third-order valence-corrected chi connectivity index (χ3v) is 8.46. The zero-order valence-corrected chi connectivity index (χ0v) is 22.1. The van der Waals surface area contributed by atoms with Crippen LogP contribution in [0.15, 0.2) is 131 Å². The number of carbonyl (C=O) groups is 1. The van der Waals surface area contributed by atoms with E-state index in [-0.39, 0.29) is 11.3 Å². The standard InChI is InChI=1S/C33H25NO5S/c35-33(36)30(21-22-7-2-1-3-8-22)34-40(37,38)26-19-17-24(18-20-26)23-13-15-25(16-14-23)27-10-6-11-29-28-9-4-5-12-31(28)39-32(27)29/h1-20,30,34H,21H2,(H,35,36). The topological polar surface area (TPSA) is 96.6 Å². The number of fused-ring (bicyclic) bond motifs is 3. The summed E-state index contributed by atoms with van der Waals surface area (Å²) in [4.78, 5) is 11.8. The molecule has 0 aliphatic rings. The van der Waals surface area contributed by atoms with E-state index in [1.54, 1.807) is 36.4 Å². The average molecular weight is 548 g/mol. The lowest BCUT2D eigenvalue weighted by Gasteiger charge is -2.15. The number of para-hydroxylation sites is 2. The van der Waals surface area contributed by atoms with Crippen LogP contribution >= 0.6 is 0 Å². The van der Waals surface area contributed by atoms with E-state index in [9.17, 15) is 18.3 Å². The molecule has 6 nitrogen and oxygen atoms in total. The Morgan fingerprint density at radius 3 is 2.00 bits per heavy atom. The van der Waals surface area contributed by atoms with E-state index in [1.165, 1.54) is 12.1 Å². The Kier molecular flexibility index (Phi) is 6.67. The van der Waals surface area contributed by atoms with E-state index in [2.05, 4.69) is 16.9 Å². The third kappa shape index (κ3) is 5.00. The largest absolute Gasteiger partial charge is 0.480 e. The number of aliphatic carboxylic acids is 1. The fourth-order valence-electron chi connectivity index (χ4n) is 4.93. The molecule has 198 valence electrons. The van der Waals surface area contributed by atoms with Crippen LogP contribution in [0.4, 0.5) is 0 Å². The van der Waals surface area contributed by atoms with Crippen molar-refractivity contribution in [2.24, 2.45) is 0 Å². The molecule has 40 heavy (non-hydrogen) atoms. The van der Waals surface area contributed by atoms with Gasteiger partial charge in [-0.25, -0.2) is 8.42 Å². The number of hydrogen-bond acceptors (Lipinski definition) is 4. The highest BCUT2D eigenvalue weighted by molar-refractivity contribution is 7.89. The molecule has 1 unspecified atom stereocenters. The lowest BCUT2D eigenvalue weighted by atomic mass is 9.99. The van der Waals surface area contributed by atoms with Crippen molar-refractivity contribution < 1.29 is 22.7 Å². The average Bonchev–Trinajstić information content (AvgIpc) is 3.36. The summed E-state index contributed by atoms with van der Waals surface area (Å²) in [5.74, 6) is -1.23. The molecule has 1 heterocycles. The molecule has 0 aliphatic carbocycles. The predicted octanol–water partition coefficient (Wildman–Crippen LogP) is 6.89. The number of nitrogens with one attached hydrogen (secondary N) is 1. The molecule has 5 aromatic carbocycles. The van der Waals surface area contributed by atoms with Crippen LogP contribution in [0.3, 0.4) is 0 Å². The Bertz CT molecular complexity index is 1930. The Morgan fingerprint density at radius 1 is 0.700 bits per heavy atom. The van der Waals surface area contributed by atoms with E-state index in [0.717, 1.165) is 49.8 Å². The van der Waals surface area contributed by atoms with Gasteiger partial charge in [0.1, 0.15) is 17.2 Å². The van der Waals surface area contributed by atoms with Crippen molar-refractivity contribution in [1.82, 2.24) is 4.72 Å². The molecule has 6 rings (SSSR count). The predicted molar refractivity (Wildman–Crippen MR) is 156 cm³/mol. The summed E-state index contributed by atoms with van der Waals surface area (Å²) in [6.07, 6.45) is 0.0432. The molecule has 0 bridgehead atoms. The second-order valence-electron chi connectivity index (χ2n) is 9.58. The fraction of sp³-hybridized carbons (Fsp3) is 0.0606. The van der Waals surface area contributed by atoms with Gasteiger partial charge in [0.2, 0.25) is 10.0 Å². The molecule has 0 radical (unpaired) electrons. The third-order valence-electron chi connectivity index (χ3n) is 6.98. The summed E-state index contributed by atoms with van der Waals surface area (Å²) in [6.45, 7) is 0. The SMILES string of the molecule is O=C(O)C(Cc1ccccc1)NS(=O)(=O)c1ccc(-c2ccc(-c3cccc4c3oc3ccccc34)cc2)cc1. The molecule has 0 aliphatic heterocycles. The van der Waals surface area contributed by atoms with Crippen LogP contribution in [0.5, 0.6) is 0 Å². The van der Waals surface area contributed by atoms with E-state index in [0.29, 0.717) is 0 Å². The van der Waals surface area contributed by atoms with Gasteiger partial charge in [0.25, 0.3) is 0 Å². The number of furan rings is 1. The normalized spacial score (nSPS) is 12.5. The van der Waals surface area contributed by atoms with Crippen molar-refractivity contribution in [3.63, 3.8) is 0 Å². The minimum Gasteiger partial charge on any atom is -0.480 e. The first-order valence-corrected chi connectivity index (χ1v) is 14.3. The quantitative estimate of drug-likeness (QED) is 0.216. The lowest BCUT2D eigenvalue weighted by Crippen LogP contribution is -2.42. The summed E-state index contributed by atoms with van der Waals surface area (Å²) in [5.41, 5.74) is 6.18. The van der Waals surface area contributed by atoms with Crippen LogP contribution in [0, 0.1) is 0 Å². The molecule has 7 heteroatoms. The molecule has 2 N–H and O–H groups in total. The van der Waals surface area contributed by atoms with E-state index in [1.807, 2.05) is 60.7 Å². The summed E-state index contributed by atoms with van der Waals surface area (Å²) in [6, 6.07) is 36.2. The molecular formula is C33H25NO5S. The number of carboxylic acid groups (broad SMARTS) is 1. The molecule has 0 saturated heterocycles. The Labute approximate surface area is 231 Å². The Hall–Kier alpha value is -4.72. The van der Waals surface area contributed by atoms with Crippen LogP contribution in [0.1, 0.15) is 5.56 Å². The highest BCUT2D eigenvalue weighted by Crippen LogP contribution is 2.36. The number of rotatable bonds is 8. The fourth-order valence-corrected chi connectivity index (χ4v) is 6.12. The van der Waals surface area contributed by atoms with Crippen LogP contribution in [0.2, 0.25) is 0 Å². The summed E-state index contributed by atoms with van der Waals surface area (Å²) < 4.78 is 34.5. The second kappa shape index (κ2) is 10.4. The highest BCUT2D eigenvalue weighted by Gasteiger charge is 2.25. The lowest BCUT2D eigenvalue weighted by molar-refractivity contribution is -0.138. The van der Waals surface area contributed by atoms with Crippen LogP contribution in [-0.2, 0) is 21.2 Å². The van der Waals surface area contributed by atoms with Gasteiger partial charge in [-0.3, -0.25) is 4.79 Å². The van der Waals surface area contributed by atoms with Crippen molar-refractivity contribution in [2.45, 2.75) is 17.4 Å². The van der Waals surface area contributed by atoms with Gasteiger partial charge < -0.3 is 9.52 Å². The van der Waals surface area contributed by atoms with Crippen molar-refractivity contribution in [3.8, 4) is 22.3 Å². The first kappa shape index (κ1) is 25.6. The zero-order chi connectivity index (χ0) is 27.7. The number of hydrogen-bond donors (Lipinski definition) is 2. The smallest absolute Gasteiger partial charge is 0.322 e. The molecule has 0 saturated carbocycles. The van der Waals surface area contributed by atoms with Gasteiger partial charge in [0.15, 0.2) is 0 Å². The Balaban J connectivity index is 1.22. The minimum absolute atomic E-state index is 0.00347. The Morgan fingerprint density at radius 2 is 1.30 bits per heavy atom. The number of carboxylic acids is 1. The second-order valence-corrected chi connectivity index (χ2v) is 11.3. The van der Waals surface area contributed by atoms with Crippen LogP contribution < -0.4 is 4.72 Å². The van der Waals surface area contributed by atoms with Crippen molar-refractivity contribution in [2.75, 3.05) is 0 Å². The van der Waals surface area contributed by atoms with Gasteiger partial charge >= 0.3 is 5.97 Å². The van der Waals surface area contributed by atoms with Gasteiger partial charge in [-0.1, -0.05) is 103 Å². The molecule has 0 amide bonds. The van der Waals surface area contributed by atoms with Gasteiger partial charge in [-0.2, -0.15) is 4.72 Å².